The van der Waals surface area contributed by atoms with Crippen LogP contribution in [0.25, 0.3) is 0 Å². The van der Waals surface area contributed by atoms with Gasteiger partial charge in [0.05, 0.1) is 12.1 Å². The number of phenols is 1. The lowest BCUT2D eigenvalue weighted by atomic mass is 10.0. The van der Waals surface area contributed by atoms with Gasteiger partial charge in [0.1, 0.15) is 17.2 Å². The molecular formula is C17H17ClO4. The first-order valence-corrected chi connectivity index (χ1v) is 7.12. The van der Waals surface area contributed by atoms with E-state index in [1.165, 1.54) is 13.0 Å². The predicted molar refractivity (Wildman–Crippen MR) is 85.0 cm³/mol. The molecule has 0 aromatic heterocycles. The highest BCUT2D eigenvalue weighted by molar-refractivity contribution is 6.32. The number of rotatable bonds is 4. The molecule has 0 spiro atoms. The Morgan fingerprint density at radius 3 is 2.45 bits per heavy atom. The van der Waals surface area contributed by atoms with Crippen LogP contribution in [0.4, 0.5) is 0 Å². The molecule has 2 rings (SSSR count). The van der Waals surface area contributed by atoms with E-state index in [9.17, 15) is 9.90 Å². The topological polar surface area (TPSA) is 55.8 Å². The summed E-state index contributed by atoms with van der Waals surface area (Å²) in [6.07, 6.45) is 0.468. The zero-order valence-corrected chi connectivity index (χ0v) is 13.4. The quantitative estimate of drug-likeness (QED) is 0.686. The highest BCUT2D eigenvalue weighted by atomic mass is 35.5. The van der Waals surface area contributed by atoms with Crippen LogP contribution in [0.1, 0.15) is 23.6 Å². The zero-order chi connectivity index (χ0) is 16.3. The molecule has 0 heterocycles. The molecule has 1 N–H and O–H groups in total. The monoisotopic (exact) mass is 320 g/mol. The summed E-state index contributed by atoms with van der Waals surface area (Å²) in [5.74, 6) is 0.582. The summed E-state index contributed by atoms with van der Waals surface area (Å²) >= 11 is 6.32. The van der Waals surface area contributed by atoms with Crippen LogP contribution in [-0.2, 0) is 11.2 Å². The van der Waals surface area contributed by atoms with E-state index in [-0.39, 0.29) is 11.5 Å². The van der Waals surface area contributed by atoms with E-state index in [4.69, 9.17) is 21.1 Å². The third kappa shape index (κ3) is 3.52. The summed E-state index contributed by atoms with van der Waals surface area (Å²) in [7, 11) is 1.61. The molecule has 0 radical (unpaired) electrons. The van der Waals surface area contributed by atoms with Crippen LogP contribution in [0.5, 0.6) is 17.2 Å². The Morgan fingerprint density at radius 1 is 1.27 bits per heavy atom. The largest absolute Gasteiger partial charge is 0.507 e. The minimum absolute atomic E-state index is 0.00247. The Morgan fingerprint density at radius 2 is 1.91 bits per heavy atom. The minimum atomic E-state index is -0.457. The van der Waals surface area contributed by atoms with Crippen LogP contribution in [-0.4, -0.2) is 18.2 Å². The van der Waals surface area contributed by atoms with Crippen LogP contribution < -0.4 is 9.47 Å². The standard InChI is InChI=1S/C17H17ClO4/c1-10-16(22-11(2)19)9-15(20)14(17(10)18)8-12-4-6-13(21-3)7-5-12/h4-7,9,20H,8H2,1-3H3. The van der Waals surface area contributed by atoms with E-state index in [0.717, 1.165) is 11.3 Å². The number of carbonyl (C=O) groups excluding carboxylic acids is 1. The smallest absolute Gasteiger partial charge is 0.308 e. The summed E-state index contributed by atoms with van der Waals surface area (Å²) in [6, 6.07) is 8.93. The Bertz CT molecular complexity index is 693. The maximum Gasteiger partial charge on any atom is 0.308 e. The molecule has 0 aliphatic carbocycles. The van der Waals surface area contributed by atoms with Crippen LogP contribution in [0, 0.1) is 6.92 Å². The van der Waals surface area contributed by atoms with Gasteiger partial charge in [0.15, 0.2) is 0 Å². The highest BCUT2D eigenvalue weighted by Gasteiger charge is 2.16. The van der Waals surface area contributed by atoms with Crippen molar-refractivity contribution < 1.29 is 19.4 Å². The molecular weight excluding hydrogens is 304 g/mol. The van der Waals surface area contributed by atoms with E-state index in [0.29, 0.717) is 22.6 Å². The van der Waals surface area contributed by atoms with Crippen LogP contribution >= 0.6 is 11.6 Å². The van der Waals surface area contributed by atoms with E-state index < -0.39 is 5.97 Å². The second-order valence-corrected chi connectivity index (χ2v) is 5.31. The van der Waals surface area contributed by atoms with Gasteiger partial charge in [-0.25, -0.2) is 0 Å². The summed E-state index contributed by atoms with van der Waals surface area (Å²) in [6.45, 7) is 3.05. The van der Waals surface area contributed by atoms with Crippen molar-refractivity contribution in [2.75, 3.05) is 7.11 Å². The van der Waals surface area contributed by atoms with Gasteiger partial charge in [-0.15, -0.1) is 0 Å². The first kappa shape index (κ1) is 16.2. The van der Waals surface area contributed by atoms with Gasteiger partial charge in [0.25, 0.3) is 0 Å². The number of carbonyl (C=O) groups is 1. The van der Waals surface area contributed by atoms with Gasteiger partial charge in [-0.3, -0.25) is 4.79 Å². The van der Waals surface area contributed by atoms with Gasteiger partial charge in [0.2, 0.25) is 0 Å². The second kappa shape index (κ2) is 6.71. The van der Waals surface area contributed by atoms with E-state index in [1.54, 1.807) is 14.0 Å². The van der Waals surface area contributed by atoms with Crippen LogP contribution in [0.15, 0.2) is 30.3 Å². The maximum absolute atomic E-state index is 11.1. The third-order valence-electron chi connectivity index (χ3n) is 3.33. The van der Waals surface area contributed by atoms with Crippen molar-refractivity contribution in [1.29, 1.82) is 0 Å². The summed E-state index contributed by atoms with van der Waals surface area (Å²) in [5.41, 5.74) is 2.20. The molecule has 0 saturated heterocycles. The first-order chi connectivity index (χ1) is 10.4. The third-order valence-corrected chi connectivity index (χ3v) is 3.85. The Labute approximate surface area is 134 Å². The van der Waals surface area contributed by atoms with E-state index in [1.807, 2.05) is 24.3 Å². The van der Waals surface area contributed by atoms with Gasteiger partial charge in [0, 0.05) is 30.5 Å². The lowest BCUT2D eigenvalue weighted by molar-refractivity contribution is -0.131. The second-order valence-electron chi connectivity index (χ2n) is 4.93. The molecule has 5 heteroatoms. The van der Waals surface area contributed by atoms with Crippen LogP contribution in [0.3, 0.4) is 0 Å². The molecule has 4 nitrogen and oxygen atoms in total. The molecule has 0 atom stereocenters. The normalized spacial score (nSPS) is 10.4. The average Bonchev–Trinajstić information content (AvgIpc) is 2.49. The predicted octanol–water partition coefficient (Wildman–Crippen LogP) is 3.88. The molecule has 0 unspecified atom stereocenters. The number of esters is 1. The molecule has 0 amide bonds. The lowest BCUT2D eigenvalue weighted by Crippen LogP contribution is -2.04. The first-order valence-electron chi connectivity index (χ1n) is 6.74. The molecule has 0 fully saturated rings. The van der Waals surface area contributed by atoms with Crippen molar-refractivity contribution >= 4 is 17.6 Å². The number of hydrogen-bond donors (Lipinski definition) is 1. The van der Waals surface area contributed by atoms with E-state index in [2.05, 4.69) is 0 Å². The van der Waals surface area contributed by atoms with Gasteiger partial charge < -0.3 is 14.6 Å². The van der Waals surface area contributed by atoms with Crippen molar-refractivity contribution in [2.24, 2.45) is 0 Å². The van der Waals surface area contributed by atoms with Gasteiger partial charge in [-0.1, -0.05) is 23.7 Å². The van der Waals surface area contributed by atoms with Gasteiger partial charge >= 0.3 is 5.97 Å². The van der Waals surface area contributed by atoms with Crippen molar-refractivity contribution in [3.8, 4) is 17.2 Å². The average molecular weight is 321 g/mol. The number of hydrogen-bond acceptors (Lipinski definition) is 4. The fraction of sp³-hybridized carbons (Fsp3) is 0.235. The summed E-state index contributed by atoms with van der Waals surface area (Å²) < 4.78 is 10.2. The molecule has 0 aliphatic heterocycles. The highest BCUT2D eigenvalue weighted by Crippen LogP contribution is 2.37. The molecule has 2 aromatic rings. The van der Waals surface area contributed by atoms with Gasteiger partial charge in [-0.2, -0.15) is 0 Å². The molecule has 0 aliphatic rings. The number of methoxy groups -OCH3 is 1. The summed E-state index contributed by atoms with van der Waals surface area (Å²) in [5, 5.41) is 10.6. The molecule has 22 heavy (non-hydrogen) atoms. The molecule has 116 valence electrons. The minimum Gasteiger partial charge on any atom is -0.507 e. The van der Waals surface area contributed by atoms with Crippen molar-refractivity contribution in [3.63, 3.8) is 0 Å². The summed E-state index contributed by atoms with van der Waals surface area (Å²) in [4.78, 5) is 11.1. The van der Waals surface area contributed by atoms with Crippen molar-refractivity contribution in [3.05, 3.63) is 52.0 Å². The number of ether oxygens (including phenoxy) is 2. The number of benzene rings is 2. The maximum atomic E-state index is 11.1. The fourth-order valence-electron chi connectivity index (χ4n) is 2.14. The number of aromatic hydroxyl groups is 1. The Kier molecular flexibility index (Phi) is 4.93. The Balaban J connectivity index is 2.34. The lowest BCUT2D eigenvalue weighted by Gasteiger charge is -2.14. The number of phenolic OH excluding ortho intramolecular Hbond substituents is 1. The van der Waals surface area contributed by atoms with Gasteiger partial charge in [-0.05, 0) is 24.6 Å². The Hall–Kier alpha value is -2.20. The van der Waals surface area contributed by atoms with Crippen molar-refractivity contribution in [1.82, 2.24) is 0 Å². The fourth-order valence-corrected chi connectivity index (χ4v) is 2.40. The molecule has 0 saturated carbocycles. The molecule has 0 bridgehead atoms. The zero-order valence-electron chi connectivity index (χ0n) is 12.6. The SMILES string of the molecule is COc1ccc(Cc2c(O)cc(OC(C)=O)c(C)c2Cl)cc1. The van der Waals surface area contributed by atoms with Crippen LogP contribution in [0.2, 0.25) is 5.02 Å². The number of halogens is 1. The van der Waals surface area contributed by atoms with Crippen molar-refractivity contribution in [2.45, 2.75) is 20.3 Å². The molecule has 2 aromatic carbocycles. The van der Waals surface area contributed by atoms with E-state index >= 15 is 0 Å².